The highest BCUT2D eigenvalue weighted by molar-refractivity contribution is 6.32. The molecule has 0 aliphatic heterocycles. The van der Waals surface area contributed by atoms with Crippen LogP contribution in [0.1, 0.15) is 26.8 Å². The molecule has 0 saturated heterocycles. The van der Waals surface area contributed by atoms with Crippen LogP contribution in [0.5, 0.6) is 0 Å². The minimum absolute atomic E-state index is 0.213. The van der Waals surface area contributed by atoms with Crippen molar-refractivity contribution in [2.45, 2.75) is 32.2 Å². The second kappa shape index (κ2) is 4.46. The maximum atomic E-state index is 11.2. The van der Waals surface area contributed by atoms with Gasteiger partial charge < -0.3 is 5.32 Å². The zero-order valence-electron chi connectivity index (χ0n) is 8.49. The van der Waals surface area contributed by atoms with Crippen molar-refractivity contribution in [2.24, 2.45) is 0 Å². The molecule has 0 fully saturated rings. The molecular formula is C9H14ClN3O. The minimum Gasteiger partial charge on any atom is -0.322 e. The molecule has 78 valence electrons. The number of halogens is 1. The molecule has 5 heteroatoms. The molecule has 1 aromatic rings. The molecule has 14 heavy (non-hydrogen) atoms. The molecule has 0 spiro atoms. The summed E-state index contributed by atoms with van der Waals surface area (Å²) in [6.07, 6.45) is 3.39. The van der Waals surface area contributed by atoms with E-state index in [9.17, 15) is 4.79 Å². The Morgan fingerprint density at radius 3 is 2.64 bits per heavy atom. The Hall–Kier alpha value is -1.03. The summed E-state index contributed by atoms with van der Waals surface area (Å²) in [7, 11) is 0. The number of hydrogen-bond donors (Lipinski definition) is 1. The molecule has 4 nitrogen and oxygen atoms in total. The van der Waals surface area contributed by atoms with E-state index >= 15 is 0 Å². The first kappa shape index (κ1) is 11.0. The van der Waals surface area contributed by atoms with Gasteiger partial charge in [0.15, 0.2) is 0 Å². The Balaban J connectivity index is 2.64. The zero-order chi connectivity index (χ0) is 10.7. The standard InChI is InChI=1S/C9H14ClN3O/c1-6(2)13-5-8(4-11-13)12-9(14)7(3)10/h4-7H,1-3H3,(H,12,14). The van der Waals surface area contributed by atoms with Gasteiger partial charge in [-0.3, -0.25) is 9.48 Å². The quantitative estimate of drug-likeness (QED) is 0.785. The van der Waals surface area contributed by atoms with Gasteiger partial charge in [-0.25, -0.2) is 0 Å². The van der Waals surface area contributed by atoms with Gasteiger partial charge in [0.05, 0.1) is 11.9 Å². The van der Waals surface area contributed by atoms with Crippen molar-refractivity contribution in [3.8, 4) is 0 Å². The van der Waals surface area contributed by atoms with E-state index in [-0.39, 0.29) is 11.9 Å². The van der Waals surface area contributed by atoms with Gasteiger partial charge in [-0.05, 0) is 20.8 Å². The van der Waals surface area contributed by atoms with Crippen LogP contribution in [0.4, 0.5) is 5.69 Å². The third-order valence-electron chi connectivity index (χ3n) is 1.76. The van der Waals surface area contributed by atoms with E-state index in [1.165, 1.54) is 0 Å². The minimum atomic E-state index is -0.530. The number of rotatable bonds is 3. The molecule has 1 heterocycles. The molecule has 1 rings (SSSR count). The molecule has 0 aliphatic carbocycles. The molecule has 0 aromatic carbocycles. The topological polar surface area (TPSA) is 46.9 Å². The predicted molar refractivity (Wildman–Crippen MR) is 56.6 cm³/mol. The van der Waals surface area contributed by atoms with Gasteiger partial charge >= 0.3 is 0 Å². The predicted octanol–water partition coefficient (Wildman–Crippen LogP) is 2.03. The highest BCUT2D eigenvalue weighted by Gasteiger charge is 2.10. The molecule has 1 unspecified atom stereocenters. The van der Waals surface area contributed by atoms with Crippen molar-refractivity contribution in [2.75, 3.05) is 5.32 Å². The Bertz CT molecular complexity index is 320. The van der Waals surface area contributed by atoms with Crippen molar-refractivity contribution >= 4 is 23.2 Å². The lowest BCUT2D eigenvalue weighted by Crippen LogP contribution is -2.19. The molecule has 0 saturated carbocycles. The fourth-order valence-electron chi connectivity index (χ4n) is 0.927. The molecule has 1 N–H and O–H groups in total. The lowest BCUT2D eigenvalue weighted by molar-refractivity contribution is -0.115. The monoisotopic (exact) mass is 215 g/mol. The average molecular weight is 216 g/mol. The summed E-state index contributed by atoms with van der Waals surface area (Å²) in [5, 5.41) is 6.22. The van der Waals surface area contributed by atoms with Crippen LogP contribution in [0.25, 0.3) is 0 Å². The van der Waals surface area contributed by atoms with Crippen molar-refractivity contribution in [3.05, 3.63) is 12.4 Å². The molecule has 0 radical (unpaired) electrons. The van der Waals surface area contributed by atoms with Crippen molar-refractivity contribution < 1.29 is 4.79 Å². The number of hydrogen-bond acceptors (Lipinski definition) is 2. The highest BCUT2D eigenvalue weighted by Crippen LogP contribution is 2.10. The van der Waals surface area contributed by atoms with E-state index in [4.69, 9.17) is 11.6 Å². The van der Waals surface area contributed by atoms with E-state index in [1.807, 2.05) is 13.8 Å². The fourth-order valence-corrected chi connectivity index (χ4v) is 0.981. The molecule has 0 bridgehead atoms. The van der Waals surface area contributed by atoms with E-state index < -0.39 is 5.38 Å². The normalized spacial score (nSPS) is 12.9. The Labute approximate surface area is 88.2 Å². The van der Waals surface area contributed by atoms with Crippen LogP contribution in [0.2, 0.25) is 0 Å². The number of nitrogens with one attached hydrogen (secondary N) is 1. The Morgan fingerprint density at radius 2 is 2.21 bits per heavy atom. The summed E-state index contributed by atoms with van der Waals surface area (Å²) < 4.78 is 1.77. The number of alkyl halides is 1. The van der Waals surface area contributed by atoms with E-state index in [0.717, 1.165) is 0 Å². The van der Waals surface area contributed by atoms with E-state index in [1.54, 1.807) is 24.0 Å². The molecule has 0 aliphatic rings. The summed E-state index contributed by atoms with van der Waals surface area (Å²) >= 11 is 5.61. The SMILES string of the molecule is CC(Cl)C(=O)Nc1cnn(C(C)C)c1. The Morgan fingerprint density at radius 1 is 1.57 bits per heavy atom. The number of nitrogens with zero attached hydrogens (tertiary/aromatic N) is 2. The lowest BCUT2D eigenvalue weighted by Gasteiger charge is -2.04. The van der Waals surface area contributed by atoms with Gasteiger partial charge in [-0.2, -0.15) is 5.10 Å². The van der Waals surface area contributed by atoms with Crippen LogP contribution < -0.4 is 5.32 Å². The van der Waals surface area contributed by atoms with E-state index in [0.29, 0.717) is 5.69 Å². The number of amides is 1. The summed E-state index contributed by atoms with van der Waals surface area (Å²) in [5.74, 6) is -0.213. The Kier molecular flexibility index (Phi) is 3.52. The second-order valence-corrected chi connectivity index (χ2v) is 4.06. The second-order valence-electron chi connectivity index (χ2n) is 3.41. The summed E-state index contributed by atoms with van der Waals surface area (Å²) in [5.41, 5.74) is 0.677. The maximum absolute atomic E-state index is 11.2. The van der Waals surface area contributed by atoms with Crippen LogP contribution in [-0.4, -0.2) is 21.1 Å². The van der Waals surface area contributed by atoms with Crippen LogP contribution in [0.15, 0.2) is 12.4 Å². The number of aromatic nitrogens is 2. The third-order valence-corrected chi connectivity index (χ3v) is 1.96. The number of carbonyl (C=O) groups excluding carboxylic acids is 1. The summed E-state index contributed by atoms with van der Waals surface area (Å²) in [4.78, 5) is 11.2. The van der Waals surface area contributed by atoms with Gasteiger partial charge in [0, 0.05) is 12.2 Å². The summed E-state index contributed by atoms with van der Waals surface area (Å²) in [6.45, 7) is 5.66. The first-order valence-corrected chi connectivity index (χ1v) is 4.93. The highest BCUT2D eigenvalue weighted by atomic mass is 35.5. The van der Waals surface area contributed by atoms with Crippen molar-refractivity contribution in [1.29, 1.82) is 0 Å². The lowest BCUT2D eigenvalue weighted by atomic mass is 10.4. The third kappa shape index (κ3) is 2.73. The van der Waals surface area contributed by atoms with Gasteiger partial charge in [0.25, 0.3) is 0 Å². The van der Waals surface area contributed by atoms with Crippen LogP contribution in [-0.2, 0) is 4.79 Å². The molecular weight excluding hydrogens is 202 g/mol. The smallest absolute Gasteiger partial charge is 0.242 e. The maximum Gasteiger partial charge on any atom is 0.242 e. The number of carbonyl (C=O) groups is 1. The summed E-state index contributed by atoms with van der Waals surface area (Å²) in [6, 6.07) is 0.286. The van der Waals surface area contributed by atoms with E-state index in [2.05, 4.69) is 10.4 Å². The van der Waals surface area contributed by atoms with Gasteiger partial charge in [0.2, 0.25) is 5.91 Å². The van der Waals surface area contributed by atoms with Gasteiger partial charge in [-0.15, -0.1) is 11.6 Å². The average Bonchev–Trinajstić information content (AvgIpc) is 2.52. The first-order valence-electron chi connectivity index (χ1n) is 4.50. The van der Waals surface area contributed by atoms with Crippen LogP contribution >= 0.6 is 11.6 Å². The van der Waals surface area contributed by atoms with Crippen LogP contribution in [0, 0.1) is 0 Å². The zero-order valence-corrected chi connectivity index (χ0v) is 9.25. The van der Waals surface area contributed by atoms with Gasteiger partial charge in [-0.1, -0.05) is 0 Å². The van der Waals surface area contributed by atoms with Crippen molar-refractivity contribution in [1.82, 2.24) is 9.78 Å². The molecule has 1 amide bonds. The molecule has 1 atom stereocenters. The van der Waals surface area contributed by atoms with Gasteiger partial charge in [0.1, 0.15) is 5.38 Å². The van der Waals surface area contributed by atoms with Crippen molar-refractivity contribution in [3.63, 3.8) is 0 Å². The molecule has 1 aromatic heterocycles. The largest absolute Gasteiger partial charge is 0.322 e. The fraction of sp³-hybridized carbons (Fsp3) is 0.556. The first-order chi connectivity index (χ1) is 6.50. The van der Waals surface area contributed by atoms with Crippen LogP contribution in [0.3, 0.4) is 0 Å². The number of anilines is 1.